The number of hydrogen-bond donors (Lipinski definition) is 6. The van der Waals surface area contributed by atoms with E-state index < -0.39 is 0 Å². The second-order valence-electron chi connectivity index (χ2n) is 15.7. The lowest BCUT2D eigenvalue weighted by molar-refractivity contribution is 0.389. The Kier molecular flexibility index (Phi) is 93.6. The fourth-order valence-electron chi connectivity index (χ4n) is 4.22. The first kappa shape index (κ1) is 108. The summed E-state index contributed by atoms with van der Waals surface area (Å²) in [6.45, 7) is 62.0. The number of H-pyrrole nitrogens is 6. The molecule has 6 N–H and O–H groups in total. The summed E-state index contributed by atoms with van der Waals surface area (Å²) in [5, 5.41) is 76.5. The van der Waals surface area contributed by atoms with Crippen LogP contribution in [0.3, 0.4) is 0 Å². The van der Waals surface area contributed by atoms with Crippen LogP contribution in [-0.2, 0) is 21.1 Å². The second-order valence-corrected chi connectivity index (χ2v) is 17.1. The number of rotatable bonds is 0. The zero-order valence-corrected chi connectivity index (χ0v) is 67.9. The molecule has 0 saturated heterocycles. The Balaban J connectivity index is -0.000000126. The monoisotopic (exact) mass is 1420 g/mol. The van der Waals surface area contributed by atoms with Crippen molar-refractivity contribution < 1.29 is 13.5 Å². The fourth-order valence-corrected chi connectivity index (χ4v) is 4.81. The Hall–Kier alpha value is -10.5. The molecular weight excluding hydrogens is 1290 g/mol. The van der Waals surface area contributed by atoms with Gasteiger partial charge >= 0.3 is 0 Å². The van der Waals surface area contributed by atoms with Crippen molar-refractivity contribution in [1.82, 2.24) is 156 Å². The molecule has 100 heavy (non-hydrogen) atoms. The fraction of sp³-hybridized carbons (Fsp3) is 0.538. The smallest absolute Gasteiger partial charge is 0.223 e. The molecule has 0 aliphatic carbocycles. The second kappa shape index (κ2) is 86.5. The van der Waals surface area contributed by atoms with E-state index >= 15 is 0 Å². The lowest BCUT2D eigenvalue weighted by Gasteiger charge is -1.77. The van der Waals surface area contributed by atoms with Crippen LogP contribution in [0.4, 0.5) is 0 Å². The molecular formula is C65H127N31O3S. The van der Waals surface area contributed by atoms with Gasteiger partial charge in [-0.2, -0.15) is 50.8 Å². The maximum absolute atomic E-state index is 4.86. The third-order valence-electron chi connectivity index (χ3n) is 7.74. The molecule has 0 aliphatic heterocycles. The minimum atomic E-state index is 0.623. The van der Waals surface area contributed by atoms with Crippen LogP contribution in [0.25, 0.3) is 0 Å². The van der Waals surface area contributed by atoms with Crippen LogP contribution >= 0.6 is 11.3 Å². The Morgan fingerprint density at radius 3 is 0.880 bits per heavy atom. The lowest BCUT2D eigenvalue weighted by atomic mass is 10.4. The molecule has 13 aromatic rings. The maximum Gasteiger partial charge on any atom is 0.223 e. The standard InChI is InChI=1S/3C4H6N2O.C4H6N2S.4C4H6N2.5C3H5N3.9C2H6/c1-3-5-6-4(2)7-3;2*1-3-5-4(2)7-6-3;1-3-5-6-4(2)7-3;1-4-2-5-6-3-4;1-6-4-2-3-5-6;2*1-4-2-3-5-6-4;1-6-2-4-5-3-6;1-6-3-4-2-5-6;3*1-3-4-2-5-6-3;9*1-2/h4*1-2H3;2-3H,1H3,(H,5,6);2-4H,1H3;2*2-3H,1H3,(H,5,6);2*2-3H,1H3;3*2H,1H3,(H,4,5,6);9*1-2H3. The summed E-state index contributed by atoms with van der Waals surface area (Å²) in [6, 6.07) is 5.72. The predicted molar refractivity (Wildman–Crippen MR) is 401 cm³/mol. The number of aryl methyl sites for hydroxylation is 17. The molecule has 13 aromatic heterocycles. The van der Waals surface area contributed by atoms with Gasteiger partial charge in [0.25, 0.3) is 0 Å². The normalized spacial score (nSPS) is 7.95. The third kappa shape index (κ3) is 83.6. The predicted octanol–water partition coefficient (Wildman–Crippen LogP) is 15.0. The molecule has 0 bridgehead atoms. The van der Waals surface area contributed by atoms with E-state index in [0.29, 0.717) is 35.2 Å². The molecule has 34 nitrogen and oxygen atoms in total. The molecule has 0 unspecified atom stereocenters. The van der Waals surface area contributed by atoms with Gasteiger partial charge in [0.15, 0.2) is 11.6 Å². The van der Waals surface area contributed by atoms with Crippen LogP contribution in [0.2, 0.25) is 0 Å². The summed E-state index contributed by atoms with van der Waals surface area (Å²) < 4.78 is 19.2. The minimum Gasteiger partial charge on any atom is -0.426 e. The highest BCUT2D eigenvalue weighted by molar-refractivity contribution is 7.11. The summed E-state index contributed by atoms with van der Waals surface area (Å²) in [5.74, 6) is 6.44. The van der Waals surface area contributed by atoms with Crippen molar-refractivity contribution >= 4 is 11.3 Å². The Morgan fingerprint density at radius 1 is 0.400 bits per heavy atom. The summed E-state index contributed by atoms with van der Waals surface area (Å²) in [4.78, 5) is 22.6. The molecule has 0 fully saturated rings. The van der Waals surface area contributed by atoms with Crippen molar-refractivity contribution in [2.45, 2.75) is 222 Å². The van der Waals surface area contributed by atoms with E-state index in [0.717, 1.165) is 38.9 Å². The highest BCUT2D eigenvalue weighted by atomic mass is 32.1. The van der Waals surface area contributed by atoms with Gasteiger partial charge in [-0.15, -0.1) is 41.9 Å². The van der Waals surface area contributed by atoms with E-state index in [1.54, 1.807) is 111 Å². The Labute approximate surface area is 600 Å². The quantitative estimate of drug-likeness (QED) is 0.0821. The number of hydrogen-bond acceptors (Lipinski definition) is 26. The van der Waals surface area contributed by atoms with Gasteiger partial charge in [0.05, 0.1) is 6.20 Å². The first-order valence-corrected chi connectivity index (χ1v) is 33.9. The average molecular weight is 1420 g/mol. The average Bonchev–Trinajstić information content (AvgIpc) is 2.39. The van der Waals surface area contributed by atoms with Gasteiger partial charge in [-0.1, -0.05) is 135 Å². The van der Waals surface area contributed by atoms with Gasteiger partial charge in [0, 0.05) is 91.2 Å². The van der Waals surface area contributed by atoms with Crippen LogP contribution in [-0.4, -0.2) is 156 Å². The summed E-state index contributed by atoms with van der Waals surface area (Å²) in [7, 11) is 5.59. The van der Waals surface area contributed by atoms with Crippen molar-refractivity contribution in [3.8, 4) is 0 Å². The van der Waals surface area contributed by atoms with Gasteiger partial charge in [-0.05, 0) is 93.0 Å². The number of aromatic nitrogens is 31. The zero-order chi connectivity index (χ0) is 78.8. The van der Waals surface area contributed by atoms with Gasteiger partial charge in [0.2, 0.25) is 23.6 Å². The maximum atomic E-state index is 4.86. The number of nitrogens with one attached hydrogen (secondary N) is 6. The Bertz CT molecular complexity index is 2600. The van der Waals surface area contributed by atoms with Gasteiger partial charge in [-0.25, -0.2) is 19.9 Å². The number of nitrogens with zero attached hydrogens (tertiary/aromatic N) is 25. The van der Waals surface area contributed by atoms with Crippen molar-refractivity contribution in [3.05, 3.63) is 179 Å². The summed E-state index contributed by atoms with van der Waals surface area (Å²) in [6.07, 6.45) is 21.6. The topological polar surface area (TPSA) is 433 Å². The molecule has 566 valence electrons. The zero-order valence-electron chi connectivity index (χ0n) is 67.1. The minimum absolute atomic E-state index is 0.623. The largest absolute Gasteiger partial charge is 0.426 e. The molecule has 13 rings (SSSR count). The molecule has 0 spiro atoms. The highest BCUT2D eigenvalue weighted by Gasteiger charge is 1.92. The molecule has 0 amide bonds. The molecule has 13 heterocycles. The third-order valence-corrected chi connectivity index (χ3v) is 8.49. The summed E-state index contributed by atoms with van der Waals surface area (Å²) >= 11 is 1.62. The molecule has 0 aromatic carbocycles. The van der Waals surface area contributed by atoms with Crippen LogP contribution in [0.5, 0.6) is 0 Å². The first-order valence-electron chi connectivity index (χ1n) is 33.1. The molecule has 0 radical (unpaired) electrons. The Morgan fingerprint density at radius 2 is 0.790 bits per heavy atom. The van der Waals surface area contributed by atoms with E-state index in [1.807, 2.05) is 232 Å². The van der Waals surface area contributed by atoms with Crippen molar-refractivity contribution in [2.75, 3.05) is 0 Å². The first-order chi connectivity index (χ1) is 48.2. The molecule has 0 atom stereocenters. The van der Waals surface area contributed by atoms with Crippen molar-refractivity contribution in [3.63, 3.8) is 0 Å². The van der Waals surface area contributed by atoms with Gasteiger partial charge < -0.3 is 18.0 Å². The van der Waals surface area contributed by atoms with E-state index in [1.165, 1.54) is 30.9 Å². The van der Waals surface area contributed by atoms with E-state index in [9.17, 15) is 0 Å². The molecule has 0 aliphatic rings. The SMILES string of the molecule is CC.CC.CC.CC.CC.CC.CC.CC.CC.Cc1ccn[nH]1.Cc1ccn[nH]1.Cc1cn[nH]c1.Cc1ncn[nH]1.Cc1ncn[nH]1.Cc1ncn[nH]1.Cc1nnc(C)o1.Cc1nnc(C)s1.Cc1noc(C)n1.Cc1noc(C)n1.Cn1cccn1.Cn1cncn1.Cn1cnnc1. The lowest BCUT2D eigenvalue weighted by Crippen LogP contribution is -1.83. The van der Waals surface area contributed by atoms with E-state index in [2.05, 4.69) is 151 Å². The van der Waals surface area contributed by atoms with Gasteiger partial charge in [-0.3, -0.25) is 40.0 Å². The number of aromatic amines is 6. The molecule has 35 heteroatoms. The van der Waals surface area contributed by atoms with E-state index in [4.69, 9.17) is 4.42 Å². The van der Waals surface area contributed by atoms with Crippen LogP contribution in [0, 0.1) is 96.9 Å². The summed E-state index contributed by atoms with van der Waals surface area (Å²) in [5.41, 5.74) is 3.39. The van der Waals surface area contributed by atoms with Crippen molar-refractivity contribution in [1.29, 1.82) is 0 Å². The van der Waals surface area contributed by atoms with Crippen LogP contribution in [0.1, 0.15) is 204 Å². The van der Waals surface area contributed by atoms with Crippen LogP contribution in [0.15, 0.2) is 113 Å². The van der Waals surface area contributed by atoms with Crippen LogP contribution < -0.4 is 0 Å². The van der Waals surface area contributed by atoms with Gasteiger partial charge in [0.1, 0.15) is 71.8 Å². The highest BCUT2D eigenvalue weighted by Crippen LogP contribution is 2.04. The van der Waals surface area contributed by atoms with E-state index in [-0.39, 0.29) is 0 Å². The van der Waals surface area contributed by atoms with Crippen molar-refractivity contribution in [2.24, 2.45) is 21.1 Å². The molecule has 0 saturated carbocycles.